The van der Waals surface area contributed by atoms with Crippen LogP contribution in [0.4, 0.5) is 11.8 Å². The number of hydrogen-bond donors (Lipinski definition) is 0. The Balaban J connectivity index is 1.82. The second-order valence-corrected chi connectivity index (χ2v) is 6.47. The summed E-state index contributed by atoms with van der Waals surface area (Å²) in [6.45, 7) is 7.44. The molecule has 1 aromatic carbocycles. The normalized spacial score (nSPS) is 15.0. The number of piperidine rings is 1. The molecule has 3 rings (SSSR count). The number of hydrogen-bond acceptors (Lipinski definition) is 4. The van der Waals surface area contributed by atoms with Gasteiger partial charge in [0.1, 0.15) is 5.82 Å². The van der Waals surface area contributed by atoms with Crippen LogP contribution in [0, 0.1) is 0 Å². The predicted octanol–water partition coefficient (Wildman–Crippen LogP) is 3.88. The Hall–Kier alpha value is -2.10. The summed E-state index contributed by atoms with van der Waals surface area (Å²) in [7, 11) is 0. The smallest absolute Gasteiger partial charge is 0.227 e. The van der Waals surface area contributed by atoms with Crippen LogP contribution in [0.5, 0.6) is 0 Å². The molecule has 4 heteroatoms. The molecule has 0 saturated carbocycles. The summed E-state index contributed by atoms with van der Waals surface area (Å²) in [5, 5.41) is 0. The SMILES string of the molecule is CC(C)N(Cc1ccccc1)c1ccnc(N2CCCCC2)n1. The lowest BCUT2D eigenvalue weighted by Gasteiger charge is -2.30. The summed E-state index contributed by atoms with van der Waals surface area (Å²) in [5.41, 5.74) is 1.30. The summed E-state index contributed by atoms with van der Waals surface area (Å²) < 4.78 is 0. The molecular weight excluding hydrogens is 284 g/mol. The fraction of sp³-hybridized carbons (Fsp3) is 0.474. The van der Waals surface area contributed by atoms with Gasteiger partial charge in [0, 0.05) is 31.9 Å². The van der Waals surface area contributed by atoms with Crippen molar-refractivity contribution in [2.24, 2.45) is 0 Å². The molecule has 1 aromatic heterocycles. The monoisotopic (exact) mass is 310 g/mol. The third-order valence-electron chi connectivity index (χ3n) is 4.38. The maximum absolute atomic E-state index is 4.85. The molecule has 4 nitrogen and oxygen atoms in total. The Bertz CT molecular complexity index is 606. The maximum atomic E-state index is 4.85. The van der Waals surface area contributed by atoms with E-state index in [1.807, 2.05) is 12.3 Å². The van der Waals surface area contributed by atoms with Crippen molar-refractivity contribution in [2.45, 2.75) is 45.7 Å². The zero-order valence-corrected chi connectivity index (χ0v) is 14.2. The first-order valence-electron chi connectivity index (χ1n) is 8.62. The second-order valence-electron chi connectivity index (χ2n) is 6.47. The zero-order valence-electron chi connectivity index (χ0n) is 14.2. The van der Waals surface area contributed by atoms with Crippen LogP contribution >= 0.6 is 0 Å². The first kappa shape index (κ1) is 15.8. The van der Waals surface area contributed by atoms with Crippen molar-refractivity contribution in [3.8, 4) is 0 Å². The molecule has 2 heterocycles. The highest BCUT2D eigenvalue weighted by Gasteiger charge is 2.17. The third-order valence-corrected chi connectivity index (χ3v) is 4.38. The molecule has 1 aliphatic rings. The van der Waals surface area contributed by atoms with Gasteiger partial charge in [-0.25, -0.2) is 4.98 Å². The Morgan fingerprint density at radius 3 is 2.48 bits per heavy atom. The predicted molar refractivity (Wildman–Crippen MR) is 95.9 cm³/mol. The van der Waals surface area contributed by atoms with Crippen LogP contribution in [0.2, 0.25) is 0 Å². The molecule has 0 aliphatic carbocycles. The van der Waals surface area contributed by atoms with Crippen LogP contribution in [0.25, 0.3) is 0 Å². The van der Waals surface area contributed by atoms with Crippen LogP contribution < -0.4 is 9.80 Å². The number of anilines is 2. The minimum Gasteiger partial charge on any atom is -0.350 e. The van der Waals surface area contributed by atoms with Crippen molar-refractivity contribution in [2.75, 3.05) is 22.9 Å². The van der Waals surface area contributed by atoms with E-state index in [0.29, 0.717) is 6.04 Å². The first-order valence-corrected chi connectivity index (χ1v) is 8.62. The number of nitrogens with zero attached hydrogens (tertiary/aromatic N) is 4. The molecule has 1 saturated heterocycles. The van der Waals surface area contributed by atoms with E-state index >= 15 is 0 Å². The molecule has 0 unspecified atom stereocenters. The zero-order chi connectivity index (χ0) is 16.1. The lowest BCUT2D eigenvalue weighted by atomic mass is 10.1. The Kier molecular flexibility index (Phi) is 5.11. The lowest BCUT2D eigenvalue weighted by Crippen LogP contribution is -2.33. The van der Waals surface area contributed by atoms with Gasteiger partial charge in [-0.15, -0.1) is 0 Å². The molecular formula is C19H26N4. The number of aromatic nitrogens is 2. The highest BCUT2D eigenvalue weighted by molar-refractivity contribution is 5.45. The standard InChI is InChI=1S/C19H26N4/c1-16(2)23(15-17-9-5-3-6-10-17)18-11-12-20-19(21-18)22-13-7-4-8-14-22/h3,5-6,9-12,16H,4,7-8,13-15H2,1-2H3. The summed E-state index contributed by atoms with van der Waals surface area (Å²) in [6.07, 6.45) is 5.70. The van der Waals surface area contributed by atoms with Crippen LogP contribution in [0.1, 0.15) is 38.7 Å². The number of benzene rings is 1. The van der Waals surface area contributed by atoms with E-state index in [0.717, 1.165) is 31.4 Å². The van der Waals surface area contributed by atoms with Gasteiger partial charge >= 0.3 is 0 Å². The van der Waals surface area contributed by atoms with Crippen LogP contribution in [0.3, 0.4) is 0 Å². The van der Waals surface area contributed by atoms with Crippen molar-refractivity contribution < 1.29 is 0 Å². The molecule has 1 fully saturated rings. The van der Waals surface area contributed by atoms with Crippen molar-refractivity contribution in [3.05, 3.63) is 48.2 Å². The van der Waals surface area contributed by atoms with E-state index in [1.165, 1.54) is 24.8 Å². The highest BCUT2D eigenvalue weighted by atomic mass is 15.3. The molecule has 0 radical (unpaired) electrons. The molecule has 2 aromatic rings. The van der Waals surface area contributed by atoms with E-state index in [4.69, 9.17) is 4.98 Å². The van der Waals surface area contributed by atoms with Gasteiger partial charge in [-0.05, 0) is 44.7 Å². The second kappa shape index (κ2) is 7.44. The largest absolute Gasteiger partial charge is 0.350 e. The molecule has 0 spiro atoms. The quantitative estimate of drug-likeness (QED) is 0.839. The molecule has 1 aliphatic heterocycles. The average molecular weight is 310 g/mol. The topological polar surface area (TPSA) is 32.3 Å². The summed E-state index contributed by atoms with van der Waals surface area (Å²) in [5.74, 6) is 1.89. The fourth-order valence-corrected chi connectivity index (χ4v) is 3.05. The average Bonchev–Trinajstić information content (AvgIpc) is 2.61. The van der Waals surface area contributed by atoms with Gasteiger partial charge in [-0.1, -0.05) is 30.3 Å². The van der Waals surface area contributed by atoms with Crippen LogP contribution in [-0.4, -0.2) is 29.1 Å². The van der Waals surface area contributed by atoms with E-state index in [-0.39, 0.29) is 0 Å². The van der Waals surface area contributed by atoms with Gasteiger partial charge in [0.2, 0.25) is 5.95 Å². The number of rotatable bonds is 5. The fourth-order valence-electron chi connectivity index (χ4n) is 3.05. The summed E-state index contributed by atoms with van der Waals surface area (Å²) >= 11 is 0. The van der Waals surface area contributed by atoms with E-state index in [1.54, 1.807) is 0 Å². The minimum absolute atomic E-state index is 0.388. The highest BCUT2D eigenvalue weighted by Crippen LogP contribution is 2.21. The Labute approximate surface area is 139 Å². The van der Waals surface area contributed by atoms with E-state index in [2.05, 4.69) is 59.0 Å². The summed E-state index contributed by atoms with van der Waals surface area (Å²) in [6, 6.07) is 13.0. The lowest BCUT2D eigenvalue weighted by molar-refractivity contribution is 0.567. The van der Waals surface area contributed by atoms with Gasteiger partial charge in [-0.2, -0.15) is 4.98 Å². The summed E-state index contributed by atoms with van der Waals surface area (Å²) in [4.78, 5) is 14.0. The van der Waals surface area contributed by atoms with Crippen molar-refractivity contribution in [1.82, 2.24) is 9.97 Å². The van der Waals surface area contributed by atoms with E-state index in [9.17, 15) is 0 Å². The Morgan fingerprint density at radius 1 is 1.04 bits per heavy atom. The molecule has 122 valence electrons. The van der Waals surface area contributed by atoms with E-state index < -0.39 is 0 Å². The molecule has 0 bridgehead atoms. The molecule has 0 amide bonds. The van der Waals surface area contributed by atoms with Crippen LogP contribution in [-0.2, 0) is 6.54 Å². The van der Waals surface area contributed by atoms with Crippen molar-refractivity contribution >= 4 is 11.8 Å². The third kappa shape index (κ3) is 4.01. The molecule has 0 atom stereocenters. The molecule has 0 N–H and O–H groups in total. The van der Waals surface area contributed by atoms with Crippen molar-refractivity contribution in [1.29, 1.82) is 0 Å². The van der Waals surface area contributed by atoms with Crippen LogP contribution in [0.15, 0.2) is 42.6 Å². The van der Waals surface area contributed by atoms with Gasteiger partial charge in [-0.3, -0.25) is 0 Å². The van der Waals surface area contributed by atoms with Gasteiger partial charge in [0.15, 0.2) is 0 Å². The minimum atomic E-state index is 0.388. The molecule has 23 heavy (non-hydrogen) atoms. The van der Waals surface area contributed by atoms with Gasteiger partial charge < -0.3 is 9.80 Å². The maximum Gasteiger partial charge on any atom is 0.227 e. The van der Waals surface area contributed by atoms with Gasteiger partial charge in [0.25, 0.3) is 0 Å². The van der Waals surface area contributed by atoms with Crippen molar-refractivity contribution in [3.63, 3.8) is 0 Å². The Morgan fingerprint density at radius 2 is 1.78 bits per heavy atom. The first-order chi connectivity index (χ1) is 11.2. The van der Waals surface area contributed by atoms with Gasteiger partial charge in [0.05, 0.1) is 0 Å².